The van der Waals surface area contributed by atoms with Crippen molar-refractivity contribution in [3.63, 3.8) is 0 Å². The molecule has 10 nitrogen and oxygen atoms in total. The number of hydrogen-bond donors (Lipinski definition) is 0. The minimum atomic E-state index is -3.79. The van der Waals surface area contributed by atoms with Crippen LogP contribution in [0.4, 0.5) is 5.69 Å². The van der Waals surface area contributed by atoms with Gasteiger partial charge in [0.25, 0.3) is 11.6 Å². The van der Waals surface area contributed by atoms with Crippen molar-refractivity contribution in [1.29, 1.82) is 0 Å². The smallest absolute Gasteiger partial charge is 0.269 e. The summed E-state index contributed by atoms with van der Waals surface area (Å²) in [6, 6.07) is 14.2. The van der Waals surface area contributed by atoms with Gasteiger partial charge in [-0.3, -0.25) is 14.9 Å². The van der Waals surface area contributed by atoms with Crippen LogP contribution in [-0.2, 0) is 10.0 Å². The van der Waals surface area contributed by atoms with E-state index in [1.165, 1.54) is 22.6 Å². The first-order valence-electron chi connectivity index (χ1n) is 9.50. The van der Waals surface area contributed by atoms with Gasteiger partial charge in [0.1, 0.15) is 0 Å². The second-order valence-electron chi connectivity index (χ2n) is 6.96. The summed E-state index contributed by atoms with van der Waals surface area (Å²) in [6.45, 7) is 0.749. The number of nitrogens with zero attached hydrogens (tertiary/aromatic N) is 5. The van der Waals surface area contributed by atoms with Gasteiger partial charge in [-0.25, -0.2) is 13.1 Å². The van der Waals surface area contributed by atoms with E-state index in [0.717, 1.165) is 17.8 Å². The summed E-state index contributed by atoms with van der Waals surface area (Å²) >= 11 is 0. The van der Waals surface area contributed by atoms with Crippen LogP contribution in [0.15, 0.2) is 71.9 Å². The number of hydrogen-bond acceptors (Lipinski definition) is 6. The third kappa shape index (κ3) is 4.18. The van der Waals surface area contributed by atoms with Crippen molar-refractivity contribution >= 4 is 21.6 Å². The number of rotatable bonds is 5. The Hall–Kier alpha value is -3.57. The fourth-order valence-corrected chi connectivity index (χ4v) is 4.78. The largest absolute Gasteiger partial charge is 0.336 e. The average molecular weight is 441 g/mol. The maximum absolute atomic E-state index is 12.8. The molecule has 3 aromatic rings. The van der Waals surface area contributed by atoms with Gasteiger partial charge in [-0.15, -0.1) is 0 Å². The number of benzene rings is 2. The molecule has 1 amide bonds. The van der Waals surface area contributed by atoms with Gasteiger partial charge in [0.15, 0.2) is 0 Å². The third-order valence-corrected chi connectivity index (χ3v) is 6.97. The number of aromatic nitrogens is 2. The molecule has 31 heavy (non-hydrogen) atoms. The number of piperazine rings is 1. The van der Waals surface area contributed by atoms with Gasteiger partial charge in [-0.05, 0) is 24.3 Å². The average Bonchev–Trinajstić information content (AvgIpc) is 3.30. The van der Waals surface area contributed by atoms with Crippen LogP contribution in [0, 0.1) is 10.1 Å². The van der Waals surface area contributed by atoms with Crippen LogP contribution in [0.1, 0.15) is 10.4 Å². The molecule has 0 saturated carbocycles. The van der Waals surface area contributed by atoms with Crippen LogP contribution in [0.5, 0.6) is 0 Å². The number of amides is 1. The van der Waals surface area contributed by atoms with Crippen molar-refractivity contribution in [3.8, 4) is 5.69 Å². The molecular formula is C20H19N5O5S. The highest BCUT2D eigenvalue weighted by Crippen LogP contribution is 2.21. The second kappa shape index (κ2) is 8.28. The Balaban J connectivity index is 1.42. The van der Waals surface area contributed by atoms with Crippen LogP contribution in [0.3, 0.4) is 0 Å². The highest BCUT2D eigenvalue weighted by molar-refractivity contribution is 7.89. The second-order valence-corrected chi connectivity index (χ2v) is 8.89. The van der Waals surface area contributed by atoms with Crippen LogP contribution < -0.4 is 0 Å². The molecule has 1 aliphatic rings. The molecule has 0 atom stereocenters. The number of carbonyl (C=O) groups excluding carboxylic acids is 1. The van der Waals surface area contributed by atoms with Gasteiger partial charge in [-0.1, -0.05) is 18.2 Å². The summed E-state index contributed by atoms with van der Waals surface area (Å²) in [5, 5.41) is 15.0. The van der Waals surface area contributed by atoms with Gasteiger partial charge >= 0.3 is 0 Å². The molecule has 0 spiro atoms. The van der Waals surface area contributed by atoms with Crippen molar-refractivity contribution in [2.24, 2.45) is 0 Å². The Morgan fingerprint density at radius 2 is 1.61 bits per heavy atom. The lowest BCUT2D eigenvalue weighted by Gasteiger charge is -2.33. The predicted molar refractivity (Wildman–Crippen MR) is 111 cm³/mol. The first-order chi connectivity index (χ1) is 14.9. The first kappa shape index (κ1) is 20.7. The van der Waals surface area contributed by atoms with Gasteiger partial charge < -0.3 is 4.90 Å². The monoisotopic (exact) mass is 441 g/mol. The zero-order chi connectivity index (χ0) is 22.0. The minimum absolute atomic E-state index is 0.0120. The molecule has 2 aromatic carbocycles. The number of sulfonamides is 1. The lowest BCUT2D eigenvalue weighted by molar-refractivity contribution is -0.384. The molecule has 1 saturated heterocycles. The summed E-state index contributed by atoms with van der Waals surface area (Å²) in [6.07, 6.45) is 3.15. The zero-order valence-corrected chi connectivity index (χ0v) is 17.2. The zero-order valence-electron chi connectivity index (χ0n) is 16.4. The standard InChI is InChI=1S/C20H19N5O5S/c26-20(16-14-21-24(15-16)17-4-2-1-3-5-17)22-10-12-23(13-11-22)31(29,30)19-8-6-18(7-9-19)25(27)28/h1-9,14-15H,10-13H2. The highest BCUT2D eigenvalue weighted by atomic mass is 32.2. The van der Waals surface area contributed by atoms with Crippen LogP contribution in [0.25, 0.3) is 5.69 Å². The van der Waals surface area contributed by atoms with Crippen LogP contribution in [0.2, 0.25) is 0 Å². The number of para-hydroxylation sites is 1. The maximum atomic E-state index is 12.8. The summed E-state index contributed by atoms with van der Waals surface area (Å²) in [7, 11) is -3.79. The SMILES string of the molecule is O=C(c1cnn(-c2ccccc2)c1)N1CCN(S(=O)(=O)c2ccc([N+](=O)[O-])cc2)CC1. The molecule has 2 heterocycles. The van der Waals surface area contributed by atoms with Crippen LogP contribution >= 0.6 is 0 Å². The lowest BCUT2D eigenvalue weighted by Crippen LogP contribution is -2.50. The normalized spacial score (nSPS) is 15.0. The third-order valence-electron chi connectivity index (χ3n) is 5.06. The fraction of sp³-hybridized carbons (Fsp3) is 0.200. The quantitative estimate of drug-likeness (QED) is 0.441. The molecule has 0 bridgehead atoms. The number of non-ortho nitro benzene ring substituents is 1. The number of nitro benzene ring substituents is 1. The fourth-order valence-electron chi connectivity index (χ4n) is 3.36. The van der Waals surface area contributed by atoms with Crippen molar-refractivity contribution < 1.29 is 18.1 Å². The summed E-state index contributed by atoms with van der Waals surface area (Å²) in [5.41, 5.74) is 1.08. The molecular weight excluding hydrogens is 422 g/mol. The van der Waals surface area contributed by atoms with Crippen molar-refractivity contribution in [2.45, 2.75) is 4.90 Å². The van der Waals surface area contributed by atoms with Gasteiger partial charge in [0, 0.05) is 44.5 Å². The van der Waals surface area contributed by atoms with Crippen molar-refractivity contribution in [3.05, 3.63) is 82.7 Å². The minimum Gasteiger partial charge on any atom is -0.336 e. The topological polar surface area (TPSA) is 119 Å². The molecule has 4 rings (SSSR count). The number of nitro groups is 1. The molecule has 0 aliphatic carbocycles. The molecule has 1 aliphatic heterocycles. The van der Waals surface area contributed by atoms with E-state index < -0.39 is 14.9 Å². The van der Waals surface area contributed by atoms with E-state index in [9.17, 15) is 23.3 Å². The molecule has 1 fully saturated rings. The Labute approximate surface area is 178 Å². The van der Waals surface area contributed by atoms with E-state index in [4.69, 9.17) is 0 Å². The maximum Gasteiger partial charge on any atom is 0.269 e. The van der Waals surface area contributed by atoms with Crippen molar-refractivity contribution in [2.75, 3.05) is 26.2 Å². The van der Waals surface area contributed by atoms with Gasteiger partial charge in [-0.2, -0.15) is 9.40 Å². The molecule has 160 valence electrons. The predicted octanol–water partition coefficient (Wildman–Crippen LogP) is 1.93. The van der Waals surface area contributed by atoms with E-state index >= 15 is 0 Å². The van der Waals surface area contributed by atoms with Crippen molar-refractivity contribution in [1.82, 2.24) is 19.0 Å². The Bertz CT molecular complexity index is 1200. The van der Waals surface area contributed by atoms with E-state index in [2.05, 4.69) is 5.10 Å². The van der Waals surface area contributed by atoms with E-state index in [1.54, 1.807) is 15.8 Å². The molecule has 0 unspecified atom stereocenters. The Morgan fingerprint density at radius 3 is 2.23 bits per heavy atom. The molecule has 11 heteroatoms. The summed E-state index contributed by atoms with van der Waals surface area (Å²) < 4.78 is 28.5. The number of carbonyl (C=O) groups is 1. The van der Waals surface area contributed by atoms with Crippen LogP contribution in [-0.4, -0.2) is 64.4 Å². The molecule has 0 N–H and O–H groups in total. The van der Waals surface area contributed by atoms with E-state index in [1.807, 2.05) is 30.3 Å². The summed E-state index contributed by atoms with van der Waals surface area (Å²) in [4.78, 5) is 24.6. The summed E-state index contributed by atoms with van der Waals surface area (Å²) in [5.74, 6) is -0.213. The lowest BCUT2D eigenvalue weighted by atomic mass is 10.2. The Morgan fingerprint density at radius 1 is 0.968 bits per heavy atom. The van der Waals surface area contributed by atoms with Gasteiger partial charge in [0.2, 0.25) is 10.0 Å². The molecule has 1 aromatic heterocycles. The first-order valence-corrected chi connectivity index (χ1v) is 10.9. The van der Waals surface area contributed by atoms with E-state index in [-0.39, 0.29) is 42.7 Å². The highest BCUT2D eigenvalue weighted by Gasteiger charge is 2.31. The van der Waals surface area contributed by atoms with Gasteiger partial charge in [0.05, 0.1) is 27.3 Å². The molecule has 0 radical (unpaired) electrons. The Kier molecular flexibility index (Phi) is 5.53. The van der Waals surface area contributed by atoms with E-state index in [0.29, 0.717) is 5.56 Å².